The Morgan fingerprint density at radius 3 is 2.28 bits per heavy atom. The molecule has 0 bridgehead atoms. The average Bonchev–Trinajstić information content (AvgIpc) is 3.02. The maximum absolute atomic E-state index is 12.6. The third kappa shape index (κ3) is 5.41. The van der Waals surface area contributed by atoms with E-state index in [1.807, 2.05) is 62.1 Å². The van der Waals surface area contributed by atoms with Crippen molar-refractivity contribution >= 4 is 35.0 Å². The van der Waals surface area contributed by atoms with Gasteiger partial charge in [-0.25, -0.2) is 0 Å². The van der Waals surface area contributed by atoms with Crippen LogP contribution in [0.4, 0.5) is 11.4 Å². The lowest BCUT2D eigenvalue weighted by atomic mass is 9.92. The first-order valence-corrected chi connectivity index (χ1v) is 11.1. The minimum absolute atomic E-state index is 0.0162. The lowest BCUT2D eigenvalue weighted by Crippen LogP contribution is -2.27. The highest BCUT2D eigenvalue weighted by atomic mass is 32.2. The van der Waals surface area contributed by atoms with E-state index < -0.39 is 0 Å². The minimum Gasteiger partial charge on any atom is -0.326 e. The Morgan fingerprint density at radius 2 is 1.72 bits per heavy atom. The first kappa shape index (κ1) is 21.4. The van der Waals surface area contributed by atoms with Gasteiger partial charge in [0, 0.05) is 17.8 Å². The number of amides is 2. The Bertz CT molecular complexity index is 867. The van der Waals surface area contributed by atoms with Crippen LogP contribution >= 0.6 is 11.8 Å². The monoisotopic (exact) mass is 410 g/mol. The summed E-state index contributed by atoms with van der Waals surface area (Å²) in [5.41, 5.74) is 3.99. The minimum atomic E-state index is -0.0493. The van der Waals surface area contributed by atoms with Crippen molar-refractivity contribution in [3.8, 4) is 0 Å². The van der Waals surface area contributed by atoms with Gasteiger partial charge in [0.2, 0.25) is 11.8 Å². The van der Waals surface area contributed by atoms with Crippen molar-refractivity contribution in [2.75, 3.05) is 16.0 Å². The van der Waals surface area contributed by atoms with Gasteiger partial charge in [-0.2, -0.15) is 0 Å². The van der Waals surface area contributed by atoms with Crippen LogP contribution in [0.1, 0.15) is 63.5 Å². The van der Waals surface area contributed by atoms with Gasteiger partial charge in [-0.1, -0.05) is 58.9 Å². The van der Waals surface area contributed by atoms with Crippen LogP contribution in [0.2, 0.25) is 0 Å². The molecule has 0 radical (unpaired) electrons. The van der Waals surface area contributed by atoms with E-state index in [0.717, 1.165) is 16.9 Å². The summed E-state index contributed by atoms with van der Waals surface area (Å²) in [6.45, 7) is 10.5. The number of benzene rings is 2. The molecule has 2 aromatic rings. The van der Waals surface area contributed by atoms with Gasteiger partial charge in [0.05, 0.1) is 5.75 Å². The van der Waals surface area contributed by atoms with Gasteiger partial charge in [-0.15, -0.1) is 11.8 Å². The van der Waals surface area contributed by atoms with Crippen LogP contribution in [0.3, 0.4) is 0 Å². The molecule has 3 rings (SSSR count). The molecule has 154 valence electrons. The molecule has 1 atom stereocenters. The van der Waals surface area contributed by atoms with Gasteiger partial charge in [0.1, 0.15) is 5.37 Å². The molecule has 1 aliphatic rings. The second-order valence-electron chi connectivity index (χ2n) is 9.08. The lowest BCUT2D eigenvalue weighted by Gasteiger charge is -2.25. The number of anilines is 2. The summed E-state index contributed by atoms with van der Waals surface area (Å²) in [5, 5.41) is 2.91. The maximum Gasteiger partial charge on any atom is 0.238 e. The van der Waals surface area contributed by atoms with Gasteiger partial charge >= 0.3 is 0 Å². The molecule has 2 amide bonds. The van der Waals surface area contributed by atoms with Gasteiger partial charge in [-0.3, -0.25) is 14.5 Å². The van der Waals surface area contributed by atoms with Crippen LogP contribution in [0, 0.1) is 5.41 Å². The van der Waals surface area contributed by atoms with Gasteiger partial charge < -0.3 is 5.32 Å². The number of thioether (sulfide) groups is 1. The molecule has 0 aromatic heterocycles. The Labute approximate surface area is 178 Å². The number of hydrogen-bond acceptors (Lipinski definition) is 3. The molecule has 1 heterocycles. The Morgan fingerprint density at radius 1 is 1.10 bits per heavy atom. The van der Waals surface area contributed by atoms with Crippen molar-refractivity contribution < 1.29 is 9.59 Å². The number of hydrogen-bond donors (Lipinski definition) is 1. The summed E-state index contributed by atoms with van der Waals surface area (Å²) in [4.78, 5) is 26.6. The molecule has 0 aliphatic carbocycles. The van der Waals surface area contributed by atoms with E-state index in [0.29, 0.717) is 18.1 Å². The lowest BCUT2D eigenvalue weighted by molar-refractivity contribution is -0.118. The fourth-order valence-electron chi connectivity index (χ4n) is 3.39. The smallest absolute Gasteiger partial charge is 0.238 e. The third-order valence-electron chi connectivity index (χ3n) is 4.88. The van der Waals surface area contributed by atoms with Gasteiger partial charge in [-0.05, 0) is 46.7 Å². The van der Waals surface area contributed by atoms with Gasteiger partial charge in [0.25, 0.3) is 0 Å². The molecule has 4 nitrogen and oxygen atoms in total. The Hall–Kier alpha value is -2.27. The topological polar surface area (TPSA) is 49.4 Å². The van der Waals surface area contributed by atoms with Crippen LogP contribution in [0.15, 0.2) is 48.5 Å². The molecular weight excluding hydrogens is 380 g/mol. The predicted molar refractivity (Wildman–Crippen MR) is 122 cm³/mol. The average molecular weight is 411 g/mol. The number of carbonyl (C=O) groups is 2. The zero-order valence-corrected chi connectivity index (χ0v) is 18.7. The summed E-state index contributed by atoms with van der Waals surface area (Å²) in [7, 11) is 0. The Kier molecular flexibility index (Phi) is 6.37. The fraction of sp³-hybridized carbons (Fsp3) is 0.417. The van der Waals surface area contributed by atoms with Crippen molar-refractivity contribution in [1.82, 2.24) is 0 Å². The predicted octanol–water partition coefficient (Wildman–Crippen LogP) is 5.96. The van der Waals surface area contributed by atoms with E-state index >= 15 is 0 Å². The van der Waals surface area contributed by atoms with Crippen LogP contribution in [-0.2, 0) is 9.59 Å². The van der Waals surface area contributed by atoms with E-state index in [4.69, 9.17) is 0 Å². The quantitative estimate of drug-likeness (QED) is 0.661. The first-order chi connectivity index (χ1) is 13.6. The van der Waals surface area contributed by atoms with E-state index in [1.54, 1.807) is 11.8 Å². The summed E-state index contributed by atoms with van der Waals surface area (Å²) >= 11 is 1.63. The second-order valence-corrected chi connectivity index (χ2v) is 10.1. The molecule has 29 heavy (non-hydrogen) atoms. The van der Waals surface area contributed by atoms with E-state index in [-0.39, 0.29) is 22.6 Å². The summed E-state index contributed by atoms with van der Waals surface area (Å²) in [5.74, 6) is 1.08. The number of carbonyl (C=O) groups excluding carboxylic acids is 2. The highest BCUT2D eigenvalue weighted by Gasteiger charge is 2.34. The summed E-state index contributed by atoms with van der Waals surface area (Å²) in [6, 6.07) is 16.1. The highest BCUT2D eigenvalue weighted by Crippen LogP contribution is 2.42. The fourth-order valence-corrected chi connectivity index (χ4v) is 4.56. The molecular formula is C24H30N2O2S. The van der Waals surface area contributed by atoms with Crippen molar-refractivity contribution in [3.63, 3.8) is 0 Å². The summed E-state index contributed by atoms with van der Waals surface area (Å²) < 4.78 is 0. The van der Waals surface area contributed by atoms with Crippen LogP contribution in [0.5, 0.6) is 0 Å². The van der Waals surface area contributed by atoms with Crippen LogP contribution < -0.4 is 10.2 Å². The normalized spacial score (nSPS) is 17.1. The van der Waals surface area contributed by atoms with E-state index in [2.05, 4.69) is 31.3 Å². The van der Waals surface area contributed by atoms with E-state index in [9.17, 15) is 9.59 Å². The first-order valence-electron chi connectivity index (χ1n) is 10.1. The van der Waals surface area contributed by atoms with Crippen molar-refractivity contribution in [2.45, 2.75) is 52.3 Å². The number of nitrogens with zero attached hydrogens (tertiary/aromatic N) is 1. The highest BCUT2D eigenvalue weighted by molar-refractivity contribution is 8.00. The molecule has 0 spiro atoms. The van der Waals surface area contributed by atoms with Crippen LogP contribution in [-0.4, -0.2) is 17.6 Å². The maximum atomic E-state index is 12.6. The van der Waals surface area contributed by atoms with Crippen molar-refractivity contribution in [3.05, 3.63) is 59.7 Å². The molecule has 1 aliphatic heterocycles. The number of nitrogens with one attached hydrogen (secondary N) is 1. The summed E-state index contributed by atoms with van der Waals surface area (Å²) in [6.07, 6.45) is 0.474. The third-order valence-corrected chi connectivity index (χ3v) is 6.09. The van der Waals surface area contributed by atoms with Crippen molar-refractivity contribution in [2.24, 2.45) is 5.41 Å². The molecule has 0 unspecified atom stereocenters. The molecule has 2 aromatic carbocycles. The molecule has 1 fully saturated rings. The molecule has 1 N–H and O–H groups in total. The molecule has 1 saturated heterocycles. The largest absolute Gasteiger partial charge is 0.326 e. The SMILES string of the molecule is CC(C)c1ccc(N2C(=O)CS[C@@H]2c2ccc(NC(=O)CC(C)(C)C)cc2)cc1. The molecule has 0 saturated carbocycles. The van der Waals surface area contributed by atoms with E-state index in [1.165, 1.54) is 5.56 Å². The Balaban J connectivity index is 1.75. The molecule has 5 heteroatoms. The second kappa shape index (κ2) is 8.62. The van der Waals surface area contributed by atoms with Crippen LogP contribution in [0.25, 0.3) is 0 Å². The zero-order chi connectivity index (χ0) is 21.2. The van der Waals surface area contributed by atoms with Gasteiger partial charge in [0.15, 0.2) is 0 Å². The number of rotatable bonds is 5. The van der Waals surface area contributed by atoms with Crippen molar-refractivity contribution in [1.29, 1.82) is 0 Å². The zero-order valence-electron chi connectivity index (χ0n) is 17.9. The standard InChI is InChI=1S/C24H30N2O2S/c1-16(2)17-8-12-20(13-9-17)26-22(28)15-29-23(26)18-6-10-19(11-7-18)25-21(27)14-24(3,4)5/h6-13,16,23H,14-15H2,1-5H3,(H,25,27)/t23-/m1/s1.